The van der Waals surface area contributed by atoms with Gasteiger partial charge in [0, 0.05) is 12.0 Å². The van der Waals surface area contributed by atoms with Gasteiger partial charge in [-0.2, -0.15) is 0 Å². The Morgan fingerprint density at radius 2 is 2.00 bits per heavy atom. The Morgan fingerprint density at radius 3 is 2.81 bits per heavy atom. The van der Waals surface area contributed by atoms with E-state index >= 15 is 0 Å². The summed E-state index contributed by atoms with van der Waals surface area (Å²) in [7, 11) is 0. The zero-order valence-corrected chi connectivity index (χ0v) is 11.8. The predicted molar refractivity (Wildman–Crippen MR) is 81.3 cm³/mol. The van der Waals surface area contributed by atoms with Gasteiger partial charge >= 0.3 is 0 Å². The van der Waals surface area contributed by atoms with Crippen LogP contribution in [0.25, 0.3) is 16.8 Å². The maximum absolute atomic E-state index is 12.0. The van der Waals surface area contributed by atoms with E-state index in [0.717, 1.165) is 45.0 Å². The summed E-state index contributed by atoms with van der Waals surface area (Å²) in [6.45, 7) is 2.00. The molecule has 0 aromatic heterocycles. The monoisotopic (exact) mass is 280 g/mol. The summed E-state index contributed by atoms with van der Waals surface area (Å²) in [6.07, 6.45) is 3.14. The molecule has 0 spiro atoms. The van der Waals surface area contributed by atoms with E-state index in [-0.39, 0.29) is 5.78 Å². The number of Topliss-reactive ketones (excluding diaryl/α,β-unsaturated/α-hetero) is 1. The first-order valence-electron chi connectivity index (χ1n) is 7.24. The fourth-order valence-electron chi connectivity index (χ4n) is 3.65. The number of carbonyl (C=O) groups is 1. The van der Waals surface area contributed by atoms with E-state index in [0.29, 0.717) is 6.42 Å². The Morgan fingerprint density at radius 1 is 1.19 bits per heavy atom. The van der Waals surface area contributed by atoms with Gasteiger partial charge in [-0.1, -0.05) is 24.3 Å². The number of aryl methyl sites for hydroxylation is 2. The Kier molecular flexibility index (Phi) is 2.59. The van der Waals surface area contributed by atoms with Crippen molar-refractivity contribution in [3.8, 4) is 0 Å². The highest BCUT2D eigenvalue weighted by Crippen LogP contribution is 2.39. The molecule has 2 unspecified atom stereocenters. The summed E-state index contributed by atoms with van der Waals surface area (Å²) in [4.78, 5) is 12.0. The molecule has 0 heterocycles. The molecule has 2 atom stereocenters. The van der Waals surface area contributed by atoms with E-state index in [2.05, 4.69) is 0 Å². The number of benzene rings is 2. The number of fused-ring (bicyclic) bond motifs is 5. The van der Waals surface area contributed by atoms with E-state index in [1.165, 1.54) is 0 Å². The van der Waals surface area contributed by atoms with Crippen molar-refractivity contribution in [2.24, 2.45) is 0 Å². The molecule has 3 nitrogen and oxygen atoms in total. The van der Waals surface area contributed by atoms with Crippen molar-refractivity contribution in [3.63, 3.8) is 0 Å². The van der Waals surface area contributed by atoms with Gasteiger partial charge in [0.05, 0.1) is 0 Å². The first-order chi connectivity index (χ1) is 10.1. The predicted octanol–water partition coefficient (Wildman–Crippen LogP) is 2.70. The van der Waals surface area contributed by atoms with E-state index in [9.17, 15) is 15.0 Å². The molecule has 2 aliphatic rings. The summed E-state index contributed by atoms with van der Waals surface area (Å²) in [5.74, 6) is 0.221. The minimum absolute atomic E-state index is 0.221. The molecule has 0 radical (unpaired) electrons. The third-order valence-corrected chi connectivity index (χ3v) is 4.69. The normalized spacial score (nSPS) is 23.5. The first-order valence-corrected chi connectivity index (χ1v) is 7.24. The number of rotatable bonds is 0. The van der Waals surface area contributed by atoms with Crippen LogP contribution in [-0.4, -0.2) is 22.1 Å². The molecule has 0 saturated carbocycles. The third kappa shape index (κ3) is 1.65. The molecular weight excluding hydrogens is 264 g/mol. The van der Waals surface area contributed by atoms with E-state index in [1.54, 1.807) is 6.08 Å². The number of ketones is 1. The molecule has 0 saturated heterocycles. The second-order valence-corrected chi connectivity index (χ2v) is 5.93. The Balaban J connectivity index is 2.10. The van der Waals surface area contributed by atoms with Crippen LogP contribution in [0.15, 0.2) is 24.3 Å². The molecule has 0 bridgehead atoms. The average molecular weight is 280 g/mol. The summed E-state index contributed by atoms with van der Waals surface area (Å²) in [5.41, 5.74) is 4.73. The minimum atomic E-state index is -0.885. The molecule has 2 N–H and O–H groups in total. The van der Waals surface area contributed by atoms with Crippen LogP contribution in [0.1, 0.15) is 45.1 Å². The molecule has 2 aromatic carbocycles. The summed E-state index contributed by atoms with van der Waals surface area (Å²) < 4.78 is 0. The van der Waals surface area contributed by atoms with Crippen molar-refractivity contribution in [1.29, 1.82) is 0 Å². The van der Waals surface area contributed by atoms with Gasteiger partial charge in [0.1, 0.15) is 12.2 Å². The molecular formula is C18H16O3. The van der Waals surface area contributed by atoms with Crippen LogP contribution in [0, 0.1) is 6.92 Å². The number of aliphatic hydroxyl groups excluding tert-OH is 2. The molecule has 3 heteroatoms. The van der Waals surface area contributed by atoms with Crippen LogP contribution in [0.4, 0.5) is 0 Å². The van der Waals surface area contributed by atoms with E-state index in [4.69, 9.17) is 0 Å². The topological polar surface area (TPSA) is 57.5 Å². The molecule has 4 rings (SSSR count). The summed E-state index contributed by atoms with van der Waals surface area (Å²) >= 11 is 0. The lowest BCUT2D eigenvalue weighted by atomic mass is 9.85. The number of aliphatic hydroxyl groups is 2. The van der Waals surface area contributed by atoms with Gasteiger partial charge in [-0.15, -0.1) is 0 Å². The smallest absolute Gasteiger partial charge is 0.163 e. The van der Waals surface area contributed by atoms with Gasteiger partial charge in [-0.05, 0) is 52.4 Å². The number of hydrogen-bond acceptors (Lipinski definition) is 3. The molecule has 0 fully saturated rings. The zero-order chi connectivity index (χ0) is 14.7. The lowest BCUT2D eigenvalue weighted by molar-refractivity contribution is 0.0471. The van der Waals surface area contributed by atoms with Crippen molar-refractivity contribution in [3.05, 3.63) is 52.1 Å². The first kappa shape index (κ1) is 12.7. The van der Waals surface area contributed by atoms with Crippen LogP contribution in [-0.2, 0) is 6.42 Å². The van der Waals surface area contributed by atoms with Crippen molar-refractivity contribution in [1.82, 2.24) is 0 Å². The van der Waals surface area contributed by atoms with Crippen LogP contribution >= 0.6 is 0 Å². The fraction of sp³-hybridized carbons (Fsp3) is 0.278. The van der Waals surface area contributed by atoms with Gasteiger partial charge in [0.25, 0.3) is 0 Å². The zero-order valence-electron chi connectivity index (χ0n) is 11.8. The maximum Gasteiger partial charge on any atom is 0.163 e. The average Bonchev–Trinajstić information content (AvgIpc) is 2.84. The minimum Gasteiger partial charge on any atom is -0.386 e. The molecule has 2 aliphatic carbocycles. The third-order valence-electron chi connectivity index (χ3n) is 4.69. The van der Waals surface area contributed by atoms with Gasteiger partial charge in [-0.25, -0.2) is 0 Å². The number of carbonyl (C=O) groups excluding carboxylic acids is 1. The van der Waals surface area contributed by atoms with Crippen LogP contribution in [0.2, 0.25) is 0 Å². The van der Waals surface area contributed by atoms with Gasteiger partial charge in [-0.3, -0.25) is 4.79 Å². The molecule has 106 valence electrons. The summed E-state index contributed by atoms with van der Waals surface area (Å²) in [6, 6.07) is 5.82. The summed E-state index contributed by atoms with van der Waals surface area (Å²) in [5, 5.41) is 22.1. The quantitative estimate of drug-likeness (QED) is 0.780. The highest BCUT2D eigenvalue weighted by atomic mass is 16.3. The SMILES string of the molecule is Cc1cc2c(c3ccc4c(c13)C=CC(O)C4O)CCC2=O. The largest absolute Gasteiger partial charge is 0.386 e. The van der Waals surface area contributed by atoms with Gasteiger partial charge in [0.15, 0.2) is 5.78 Å². The molecule has 21 heavy (non-hydrogen) atoms. The standard InChI is InChI=1S/C18H16O3/c1-9-8-14-10(4-6-15(14)19)11-2-3-13-12(17(9)11)5-7-16(20)18(13)21/h2-3,5,7-8,16,18,20-21H,4,6H2,1H3. The van der Waals surface area contributed by atoms with Gasteiger partial charge < -0.3 is 10.2 Å². The Bertz CT molecular complexity index is 817. The molecule has 0 aliphatic heterocycles. The molecule has 2 aromatic rings. The Labute approximate surface area is 122 Å². The molecule has 0 amide bonds. The van der Waals surface area contributed by atoms with Crippen molar-refractivity contribution < 1.29 is 15.0 Å². The van der Waals surface area contributed by atoms with Crippen molar-refractivity contribution in [2.75, 3.05) is 0 Å². The second-order valence-electron chi connectivity index (χ2n) is 5.93. The van der Waals surface area contributed by atoms with E-state index < -0.39 is 12.2 Å². The van der Waals surface area contributed by atoms with Gasteiger partial charge in [0.2, 0.25) is 0 Å². The highest BCUT2D eigenvalue weighted by molar-refractivity contribution is 6.08. The second kappa shape index (κ2) is 4.26. The fourth-order valence-corrected chi connectivity index (χ4v) is 3.65. The lowest BCUT2D eigenvalue weighted by Crippen LogP contribution is -2.19. The van der Waals surface area contributed by atoms with E-state index in [1.807, 2.05) is 31.2 Å². The van der Waals surface area contributed by atoms with Crippen LogP contribution in [0.5, 0.6) is 0 Å². The van der Waals surface area contributed by atoms with Crippen LogP contribution in [0.3, 0.4) is 0 Å². The maximum atomic E-state index is 12.0. The van der Waals surface area contributed by atoms with Crippen molar-refractivity contribution >= 4 is 22.6 Å². The van der Waals surface area contributed by atoms with Crippen molar-refractivity contribution in [2.45, 2.75) is 32.0 Å². The number of hydrogen-bond donors (Lipinski definition) is 2. The Hall–Kier alpha value is -1.97. The van der Waals surface area contributed by atoms with Crippen LogP contribution < -0.4 is 0 Å². The lowest BCUT2D eigenvalue weighted by Gasteiger charge is -2.24. The highest BCUT2D eigenvalue weighted by Gasteiger charge is 2.27.